The first-order chi connectivity index (χ1) is 12.6. The van der Waals surface area contributed by atoms with E-state index in [4.69, 9.17) is 0 Å². The molecule has 0 saturated heterocycles. The predicted octanol–water partition coefficient (Wildman–Crippen LogP) is 4.44. The molecule has 1 heterocycles. The van der Waals surface area contributed by atoms with Crippen LogP contribution >= 0.6 is 11.3 Å². The Hall–Kier alpha value is -3.25. The van der Waals surface area contributed by atoms with E-state index in [2.05, 4.69) is 15.6 Å². The van der Waals surface area contributed by atoms with Crippen LogP contribution in [0.15, 0.2) is 71.7 Å². The van der Waals surface area contributed by atoms with E-state index in [0.29, 0.717) is 22.0 Å². The van der Waals surface area contributed by atoms with Crippen LogP contribution < -0.4 is 10.6 Å². The Morgan fingerprint density at radius 1 is 1.00 bits per heavy atom. The van der Waals surface area contributed by atoms with Gasteiger partial charge in [0.05, 0.1) is 0 Å². The van der Waals surface area contributed by atoms with Crippen LogP contribution in [0.4, 0.5) is 10.8 Å². The number of carbonyl (C=O) groups excluding carboxylic acids is 2. The van der Waals surface area contributed by atoms with Crippen LogP contribution in [-0.4, -0.2) is 16.8 Å². The zero-order valence-corrected chi connectivity index (χ0v) is 14.9. The third kappa shape index (κ3) is 4.64. The van der Waals surface area contributed by atoms with Crippen molar-refractivity contribution in [2.45, 2.75) is 6.92 Å². The molecule has 2 N–H and O–H groups in total. The molecule has 0 fully saturated rings. The van der Waals surface area contributed by atoms with E-state index < -0.39 is 0 Å². The Labute approximate surface area is 155 Å². The van der Waals surface area contributed by atoms with Gasteiger partial charge in [-0.15, -0.1) is 11.3 Å². The molecule has 6 heteroatoms. The van der Waals surface area contributed by atoms with E-state index in [1.807, 2.05) is 36.4 Å². The number of benzene rings is 2. The van der Waals surface area contributed by atoms with Gasteiger partial charge in [-0.1, -0.05) is 30.3 Å². The molecule has 2 amide bonds. The predicted molar refractivity (Wildman–Crippen MR) is 105 cm³/mol. The van der Waals surface area contributed by atoms with Gasteiger partial charge in [-0.25, -0.2) is 4.98 Å². The van der Waals surface area contributed by atoms with Crippen molar-refractivity contribution in [2.75, 3.05) is 10.6 Å². The van der Waals surface area contributed by atoms with Crippen molar-refractivity contribution in [3.8, 4) is 0 Å². The van der Waals surface area contributed by atoms with Crippen molar-refractivity contribution in [1.29, 1.82) is 0 Å². The Bertz CT molecular complexity index is 917. The number of thiazole rings is 1. The van der Waals surface area contributed by atoms with E-state index in [1.54, 1.807) is 42.8 Å². The van der Waals surface area contributed by atoms with Crippen molar-refractivity contribution in [3.63, 3.8) is 0 Å². The van der Waals surface area contributed by atoms with Gasteiger partial charge < -0.3 is 5.32 Å². The summed E-state index contributed by atoms with van der Waals surface area (Å²) in [4.78, 5) is 28.4. The standard InChI is InChI=1S/C20H17N3O2S/c1-14(13-15-5-3-2-4-6-15)18(24)22-17-9-7-16(8-10-17)19(25)23-20-21-11-12-26-20/h2-13H,1H3,(H,22,24)(H,21,23,25)/b14-13+. The summed E-state index contributed by atoms with van der Waals surface area (Å²) in [7, 11) is 0. The molecule has 0 saturated carbocycles. The number of hydrogen-bond acceptors (Lipinski definition) is 4. The van der Waals surface area contributed by atoms with Crippen LogP contribution in [-0.2, 0) is 4.79 Å². The summed E-state index contributed by atoms with van der Waals surface area (Å²) in [6, 6.07) is 16.4. The lowest BCUT2D eigenvalue weighted by Gasteiger charge is -2.07. The lowest BCUT2D eigenvalue weighted by molar-refractivity contribution is -0.112. The van der Waals surface area contributed by atoms with Crippen molar-refractivity contribution in [1.82, 2.24) is 4.98 Å². The zero-order valence-electron chi connectivity index (χ0n) is 14.1. The highest BCUT2D eigenvalue weighted by molar-refractivity contribution is 7.13. The molecule has 1 aromatic heterocycles. The molecule has 2 aromatic carbocycles. The minimum Gasteiger partial charge on any atom is -0.322 e. The molecule has 26 heavy (non-hydrogen) atoms. The van der Waals surface area contributed by atoms with Crippen LogP contribution in [0.1, 0.15) is 22.8 Å². The Morgan fingerprint density at radius 2 is 1.73 bits per heavy atom. The minimum atomic E-state index is -0.238. The molecule has 0 aliphatic rings. The molecule has 5 nitrogen and oxygen atoms in total. The molecular formula is C20H17N3O2S. The zero-order chi connectivity index (χ0) is 18.4. The van der Waals surface area contributed by atoms with E-state index in [-0.39, 0.29) is 11.8 Å². The fraction of sp³-hybridized carbons (Fsp3) is 0.0500. The smallest absolute Gasteiger partial charge is 0.257 e. The van der Waals surface area contributed by atoms with E-state index >= 15 is 0 Å². The number of amides is 2. The lowest BCUT2D eigenvalue weighted by atomic mass is 10.1. The molecule has 0 radical (unpaired) electrons. The molecular weight excluding hydrogens is 346 g/mol. The van der Waals surface area contributed by atoms with E-state index in [9.17, 15) is 9.59 Å². The summed E-state index contributed by atoms with van der Waals surface area (Å²) in [6.45, 7) is 1.76. The average molecular weight is 363 g/mol. The largest absolute Gasteiger partial charge is 0.322 e. The van der Waals surface area contributed by atoms with Crippen LogP contribution in [0.2, 0.25) is 0 Å². The topological polar surface area (TPSA) is 71.1 Å². The molecule has 0 spiro atoms. The third-order valence-corrected chi connectivity index (χ3v) is 4.29. The monoisotopic (exact) mass is 363 g/mol. The maximum atomic E-state index is 12.3. The second-order valence-electron chi connectivity index (χ2n) is 5.56. The molecule has 0 aliphatic carbocycles. The van der Waals surface area contributed by atoms with Gasteiger partial charge in [-0.2, -0.15) is 0 Å². The average Bonchev–Trinajstić information content (AvgIpc) is 3.16. The first-order valence-corrected chi connectivity index (χ1v) is 8.85. The quantitative estimate of drug-likeness (QED) is 0.659. The van der Waals surface area contributed by atoms with E-state index in [0.717, 1.165) is 5.56 Å². The third-order valence-electron chi connectivity index (χ3n) is 3.60. The summed E-state index contributed by atoms with van der Waals surface area (Å²) in [6.07, 6.45) is 3.45. The summed E-state index contributed by atoms with van der Waals surface area (Å²) in [5.74, 6) is -0.424. The number of rotatable bonds is 5. The molecule has 0 unspecified atom stereocenters. The molecule has 3 rings (SSSR count). The molecule has 130 valence electrons. The Morgan fingerprint density at radius 3 is 2.38 bits per heavy atom. The Kier molecular flexibility index (Phi) is 5.56. The second-order valence-corrected chi connectivity index (χ2v) is 6.46. The molecule has 0 bridgehead atoms. The summed E-state index contributed by atoms with van der Waals surface area (Å²) < 4.78 is 0. The van der Waals surface area contributed by atoms with Gasteiger partial charge in [0.1, 0.15) is 0 Å². The van der Waals surface area contributed by atoms with Gasteiger partial charge in [0.25, 0.3) is 11.8 Å². The van der Waals surface area contributed by atoms with Gasteiger partial charge >= 0.3 is 0 Å². The highest BCUT2D eigenvalue weighted by Gasteiger charge is 2.09. The first-order valence-electron chi connectivity index (χ1n) is 7.97. The van der Waals surface area contributed by atoms with Gasteiger partial charge in [-0.05, 0) is 42.8 Å². The maximum Gasteiger partial charge on any atom is 0.257 e. The summed E-state index contributed by atoms with van der Waals surface area (Å²) in [5.41, 5.74) is 2.69. The highest BCUT2D eigenvalue weighted by Crippen LogP contribution is 2.15. The maximum absolute atomic E-state index is 12.3. The van der Waals surface area contributed by atoms with Crippen molar-refractivity contribution < 1.29 is 9.59 Å². The number of anilines is 2. The Balaban J connectivity index is 1.62. The highest BCUT2D eigenvalue weighted by atomic mass is 32.1. The minimum absolute atomic E-state index is 0.186. The number of carbonyl (C=O) groups is 2. The van der Waals surface area contributed by atoms with Crippen molar-refractivity contribution in [3.05, 3.63) is 82.9 Å². The summed E-state index contributed by atoms with van der Waals surface area (Å²) in [5, 5.41) is 7.88. The van der Waals surface area contributed by atoms with Gasteiger partial charge in [0.2, 0.25) is 0 Å². The van der Waals surface area contributed by atoms with Crippen LogP contribution in [0.25, 0.3) is 6.08 Å². The van der Waals surface area contributed by atoms with Crippen molar-refractivity contribution in [2.24, 2.45) is 0 Å². The van der Waals surface area contributed by atoms with Gasteiger partial charge in [0, 0.05) is 28.4 Å². The molecule has 0 aliphatic heterocycles. The molecule has 0 atom stereocenters. The fourth-order valence-corrected chi connectivity index (χ4v) is 2.78. The SMILES string of the molecule is C/C(=C\c1ccccc1)C(=O)Nc1ccc(C(=O)Nc2nccs2)cc1. The first kappa shape index (κ1) is 17.6. The molecule has 3 aromatic rings. The fourth-order valence-electron chi connectivity index (χ4n) is 2.25. The normalized spacial score (nSPS) is 11.0. The second kappa shape index (κ2) is 8.22. The van der Waals surface area contributed by atoms with Gasteiger partial charge in [0.15, 0.2) is 5.13 Å². The van der Waals surface area contributed by atoms with Crippen LogP contribution in [0.3, 0.4) is 0 Å². The van der Waals surface area contributed by atoms with Gasteiger partial charge in [-0.3, -0.25) is 14.9 Å². The van der Waals surface area contributed by atoms with Crippen LogP contribution in [0.5, 0.6) is 0 Å². The van der Waals surface area contributed by atoms with Crippen LogP contribution in [0, 0.1) is 0 Å². The van der Waals surface area contributed by atoms with E-state index in [1.165, 1.54) is 11.3 Å². The number of nitrogens with zero attached hydrogens (tertiary/aromatic N) is 1. The lowest BCUT2D eigenvalue weighted by Crippen LogP contribution is -2.14. The number of nitrogens with one attached hydrogen (secondary N) is 2. The summed E-state index contributed by atoms with van der Waals surface area (Å²) >= 11 is 1.36. The van der Waals surface area contributed by atoms with Crippen molar-refractivity contribution >= 4 is 40.0 Å². The number of aromatic nitrogens is 1. The number of hydrogen-bond donors (Lipinski definition) is 2.